The molecule has 1 aliphatic heterocycles. The van der Waals surface area contributed by atoms with Crippen molar-refractivity contribution in [1.29, 1.82) is 0 Å². The van der Waals surface area contributed by atoms with Crippen LogP contribution in [0.2, 0.25) is 0 Å². The summed E-state index contributed by atoms with van der Waals surface area (Å²) in [6.07, 6.45) is 1.89. The molecule has 1 N–H and O–H groups in total. The zero-order valence-electron chi connectivity index (χ0n) is 11.3. The monoisotopic (exact) mass is 332 g/mol. The van der Waals surface area contributed by atoms with Crippen molar-refractivity contribution in [2.45, 2.75) is 32.2 Å². The molecule has 1 aromatic rings. The number of halogens is 3. The number of benzene rings is 1. The van der Waals surface area contributed by atoms with Crippen molar-refractivity contribution in [1.82, 2.24) is 5.32 Å². The molecule has 0 atom stereocenters. The minimum atomic E-state index is -0.505. The van der Waals surface area contributed by atoms with Crippen molar-refractivity contribution in [2.75, 3.05) is 24.5 Å². The Morgan fingerprint density at radius 1 is 1.26 bits per heavy atom. The van der Waals surface area contributed by atoms with Gasteiger partial charge in [0.15, 0.2) is 11.6 Å². The molecule has 1 heterocycles. The summed E-state index contributed by atoms with van der Waals surface area (Å²) in [5.41, 5.74) is 0.0421. The van der Waals surface area contributed by atoms with Gasteiger partial charge < -0.3 is 10.2 Å². The van der Waals surface area contributed by atoms with E-state index in [1.54, 1.807) is 0 Å². The van der Waals surface area contributed by atoms with Crippen LogP contribution in [0, 0.1) is 11.6 Å². The molecular weight excluding hydrogens is 314 g/mol. The van der Waals surface area contributed by atoms with E-state index in [1.165, 1.54) is 12.1 Å². The van der Waals surface area contributed by atoms with Crippen molar-refractivity contribution < 1.29 is 8.78 Å². The first kappa shape index (κ1) is 14.7. The van der Waals surface area contributed by atoms with Crippen LogP contribution in [-0.4, -0.2) is 25.2 Å². The van der Waals surface area contributed by atoms with Gasteiger partial charge in [0.25, 0.3) is 0 Å². The molecule has 1 aliphatic rings. The van der Waals surface area contributed by atoms with Crippen molar-refractivity contribution >= 4 is 21.6 Å². The fourth-order valence-electron chi connectivity index (χ4n) is 2.71. The summed E-state index contributed by atoms with van der Waals surface area (Å²) in [5.74, 6) is -1.01. The highest BCUT2D eigenvalue weighted by atomic mass is 79.9. The number of nitrogens with zero attached hydrogens (tertiary/aromatic N) is 1. The molecule has 0 radical (unpaired) electrons. The zero-order valence-corrected chi connectivity index (χ0v) is 12.9. The fourth-order valence-corrected chi connectivity index (χ4v) is 3.11. The van der Waals surface area contributed by atoms with Crippen LogP contribution >= 0.6 is 15.9 Å². The van der Waals surface area contributed by atoms with E-state index in [9.17, 15) is 8.78 Å². The maximum absolute atomic E-state index is 14.0. The van der Waals surface area contributed by atoms with E-state index < -0.39 is 11.6 Å². The molecule has 0 aliphatic carbocycles. The molecule has 0 spiro atoms. The van der Waals surface area contributed by atoms with Gasteiger partial charge in [-0.2, -0.15) is 0 Å². The van der Waals surface area contributed by atoms with Crippen LogP contribution in [-0.2, 0) is 0 Å². The molecule has 0 saturated carbocycles. The predicted molar refractivity (Wildman–Crippen MR) is 77.6 cm³/mol. The topological polar surface area (TPSA) is 15.3 Å². The molecule has 0 unspecified atom stereocenters. The van der Waals surface area contributed by atoms with E-state index in [2.05, 4.69) is 35.1 Å². The van der Waals surface area contributed by atoms with E-state index in [4.69, 9.17) is 0 Å². The summed E-state index contributed by atoms with van der Waals surface area (Å²) in [6.45, 7) is 6.21. The minimum absolute atomic E-state index is 0.0514. The summed E-state index contributed by atoms with van der Waals surface area (Å²) < 4.78 is 28.5. The Bertz CT molecular complexity index is 438. The molecule has 5 heteroatoms. The van der Waals surface area contributed by atoms with Crippen LogP contribution in [0.5, 0.6) is 0 Å². The molecule has 1 aromatic carbocycles. The second-order valence-electron chi connectivity index (χ2n) is 5.05. The van der Waals surface area contributed by atoms with E-state index in [0.717, 1.165) is 19.4 Å². The second-order valence-corrected chi connectivity index (χ2v) is 5.97. The van der Waals surface area contributed by atoms with E-state index in [-0.39, 0.29) is 11.2 Å². The molecule has 0 amide bonds. The average molecular weight is 333 g/mol. The van der Waals surface area contributed by atoms with E-state index in [0.29, 0.717) is 17.6 Å². The van der Waals surface area contributed by atoms with Crippen molar-refractivity contribution in [3.63, 3.8) is 0 Å². The molecule has 19 heavy (non-hydrogen) atoms. The lowest BCUT2D eigenvalue weighted by molar-refractivity contribution is 0.275. The van der Waals surface area contributed by atoms with Gasteiger partial charge in [-0.15, -0.1) is 0 Å². The molecule has 0 aromatic heterocycles. The Morgan fingerprint density at radius 2 is 1.84 bits per heavy atom. The van der Waals surface area contributed by atoms with Gasteiger partial charge in [0.1, 0.15) is 5.69 Å². The summed E-state index contributed by atoms with van der Waals surface area (Å²) in [6, 6.07) is 2.64. The predicted octanol–water partition coefficient (Wildman–Crippen LogP) is 3.70. The summed E-state index contributed by atoms with van der Waals surface area (Å²) in [4.78, 5) is 1.82. The van der Waals surface area contributed by atoms with Gasteiger partial charge in [-0.1, -0.05) is 29.8 Å². The van der Waals surface area contributed by atoms with Crippen LogP contribution < -0.4 is 10.2 Å². The SMILES string of the molecule is CCC1(CC)CN(c2c(F)cc(Br)cc2F)CCN1. The lowest BCUT2D eigenvalue weighted by Gasteiger charge is -2.44. The highest BCUT2D eigenvalue weighted by molar-refractivity contribution is 9.10. The number of piperazine rings is 1. The Morgan fingerprint density at radius 3 is 2.37 bits per heavy atom. The molecular formula is C14H19BrF2N2. The number of hydrogen-bond donors (Lipinski definition) is 1. The second kappa shape index (κ2) is 5.75. The van der Waals surface area contributed by atoms with Gasteiger partial charge >= 0.3 is 0 Å². The Kier molecular flexibility index (Phi) is 4.46. The molecule has 0 bridgehead atoms. The largest absolute Gasteiger partial charge is 0.364 e. The highest BCUT2D eigenvalue weighted by Crippen LogP contribution is 2.30. The summed E-state index contributed by atoms with van der Waals surface area (Å²) in [7, 11) is 0. The third-order valence-corrected chi connectivity index (χ3v) is 4.48. The highest BCUT2D eigenvalue weighted by Gasteiger charge is 2.33. The number of anilines is 1. The maximum Gasteiger partial charge on any atom is 0.150 e. The zero-order chi connectivity index (χ0) is 14.0. The Labute approximate surface area is 121 Å². The fraction of sp³-hybridized carbons (Fsp3) is 0.571. The maximum atomic E-state index is 14.0. The molecule has 1 saturated heterocycles. The third-order valence-electron chi connectivity index (χ3n) is 4.03. The number of rotatable bonds is 3. The Hall–Kier alpha value is -0.680. The van der Waals surface area contributed by atoms with Crippen LogP contribution in [0.4, 0.5) is 14.5 Å². The smallest absolute Gasteiger partial charge is 0.150 e. The third kappa shape index (κ3) is 2.92. The first-order valence-electron chi connectivity index (χ1n) is 6.66. The lowest BCUT2D eigenvalue weighted by Crippen LogP contribution is -2.60. The molecule has 2 rings (SSSR count). The Balaban J connectivity index is 2.32. The van der Waals surface area contributed by atoms with Crippen molar-refractivity contribution in [2.24, 2.45) is 0 Å². The summed E-state index contributed by atoms with van der Waals surface area (Å²) in [5, 5.41) is 3.49. The van der Waals surface area contributed by atoms with Gasteiger partial charge in [0.2, 0.25) is 0 Å². The average Bonchev–Trinajstić information content (AvgIpc) is 2.37. The number of hydrogen-bond acceptors (Lipinski definition) is 2. The van der Waals surface area contributed by atoms with Gasteiger partial charge in [-0.25, -0.2) is 8.78 Å². The van der Waals surface area contributed by atoms with E-state index >= 15 is 0 Å². The van der Waals surface area contributed by atoms with Crippen LogP contribution in [0.15, 0.2) is 16.6 Å². The van der Waals surface area contributed by atoms with Crippen LogP contribution in [0.25, 0.3) is 0 Å². The van der Waals surface area contributed by atoms with Gasteiger partial charge in [-0.05, 0) is 25.0 Å². The summed E-state index contributed by atoms with van der Waals surface area (Å²) >= 11 is 3.11. The quantitative estimate of drug-likeness (QED) is 0.907. The standard InChI is InChI=1S/C14H19BrF2N2/c1-3-14(4-2)9-19(6-5-18-14)13-11(16)7-10(15)8-12(13)17/h7-8,18H,3-6,9H2,1-2H3. The van der Waals surface area contributed by atoms with Gasteiger partial charge in [-0.3, -0.25) is 0 Å². The van der Waals surface area contributed by atoms with Crippen LogP contribution in [0.1, 0.15) is 26.7 Å². The lowest BCUT2D eigenvalue weighted by atomic mass is 9.90. The normalized spacial score (nSPS) is 18.7. The van der Waals surface area contributed by atoms with Gasteiger partial charge in [0.05, 0.1) is 0 Å². The van der Waals surface area contributed by atoms with Gasteiger partial charge in [0, 0.05) is 29.6 Å². The van der Waals surface area contributed by atoms with Crippen molar-refractivity contribution in [3.05, 3.63) is 28.2 Å². The van der Waals surface area contributed by atoms with Crippen LogP contribution in [0.3, 0.4) is 0 Å². The minimum Gasteiger partial charge on any atom is -0.364 e. The first-order chi connectivity index (χ1) is 9.01. The van der Waals surface area contributed by atoms with Crippen molar-refractivity contribution in [3.8, 4) is 0 Å². The molecule has 1 fully saturated rings. The molecule has 106 valence electrons. The molecule has 2 nitrogen and oxygen atoms in total. The number of nitrogens with one attached hydrogen (secondary N) is 1. The van der Waals surface area contributed by atoms with E-state index in [1.807, 2.05) is 4.90 Å². The first-order valence-corrected chi connectivity index (χ1v) is 7.45.